The van der Waals surface area contributed by atoms with Gasteiger partial charge in [-0.15, -0.1) is 0 Å². The first kappa shape index (κ1) is 44.8. The van der Waals surface area contributed by atoms with Gasteiger partial charge in [0, 0.05) is 5.92 Å². The lowest BCUT2D eigenvalue weighted by atomic mass is 9.78. The number of rotatable bonds is 12. The molecule has 3 nitrogen and oxygen atoms in total. The zero-order valence-corrected chi connectivity index (χ0v) is 25.0. The summed E-state index contributed by atoms with van der Waals surface area (Å²) in [5.74, 6) is -77.5. The van der Waals surface area contributed by atoms with Crippen LogP contribution in [0.4, 0.5) is 105 Å². The highest BCUT2D eigenvalue weighted by atomic mass is 19.4. The monoisotopic (exact) mass is 834 g/mol. The van der Waals surface area contributed by atoms with Crippen molar-refractivity contribution in [1.82, 2.24) is 0 Å². The van der Waals surface area contributed by atoms with E-state index in [-0.39, 0.29) is 31.2 Å². The molecule has 3 rings (SSSR count). The second-order valence-corrected chi connectivity index (χ2v) is 11.8. The lowest BCUT2D eigenvalue weighted by Gasteiger charge is -2.44. The van der Waals surface area contributed by atoms with Crippen molar-refractivity contribution >= 4 is 0 Å². The van der Waals surface area contributed by atoms with Crippen LogP contribution in [0.15, 0.2) is 12.1 Å². The molecule has 0 radical (unpaired) electrons. The molecule has 1 saturated heterocycles. The Hall–Kier alpha value is -2.58. The highest BCUT2D eigenvalue weighted by molar-refractivity contribution is 5.24. The number of hydrogen-bond donors (Lipinski definition) is 0. The summed E-state index contributed by atoms with van der Waals surface area (Å²) < 4.78 is 338. The second kappa shape index (κ2) is 13.6. The maximum absolute atomic E-state index is 14.2. The summed E-state index contributed by atoms with van der Waals surface area (Å²) in [6.45, 7) is -2.81. The summed E-state index contributed by atoms with van der Waals surface area (Å²) in [7, 11) is 0. The molecular weight excluding hydrogens is 816 g/mol. The van der Waals surface area contributed by atoms with Gasteiger partial charge in [-0.1, -0.05) is 0 Å². The van der Waals surface area contributed by atoms with E-state index in [1.54, 1.807) is 0 Å². The maximum Gasteiger partial charge on any atom is 0.460 e. The highest BCUT2D eigenvalue weighted by Crippen LogP contribution is 2.66. The Bertz CT molecular complexity index is 1430. The number of hydrogen-bond acceptors (Lipinski definition) is 3. The smallest absolute Gasteiger partial charge is 0.350 e. The van der Waals surface area contributed by atoms with Crippen molar-refractivity contribution in [3.8, 4) is 0 Å². The van der Waals surface area contributed by atoms with Crippen molar-refractivity contribution in [3.05, 3.63) is 35.1 Å². The Balaban J connectivity index is 1.75. The van der Waals surface area contributed by atoms with Crippen molar-refractivity contribution in [2.75, 3.05) is 13.2 Å². The average molecular weight is 834 g/mol. The molecule has 308 valence electrons. The van der Waals surface area contributed by atoms with Crippen molar-refractivity contribution in [2.45, 2.75) is 104 Å². The van der Waals surface area contributed by atoms with Crippen LogP contribution in [0.1, 0.15) is 37.2 Å². The van der Waals surface area contributed by atoms with Gasteiger partial charge in [-0.2, -0.15) is 92.2 Å². The molecule has 0 N–H and O–H groups in total. The third kappa shape index (κ3) is 6.84. The van der Waals surface area contributed by atoms with Gasteiger partial charge in [0.15, 0.2) is 23.7 Å². The molecule has 53 heavy (non-hydrogen) atoms. The van der Waals surface area contributed by atoms with E-state index in [1.807, 2.05) is 0 Å². The SMILES string of the molecule is Fc1cc(C2CCC(C3OCC(OC(F)(F)C(F)(F)C(F)(F)C(F)(F)C(F)(F)C(F)(F)C(F)(F)C(F)(F)C(F)(F)C(F)(F)F)CO3)CC2)cc(F)c1F. The first-order chi connectivity index (χ1) is 23.5. The van der Waals surface area contributed by atoms with E-state index < -0.39 is 115 Å². The summed E-state index contributed by atoms with van der Waals surface area (Å²) in [5, 5.41) is 0. The number of alkyl halides is 21. The number of benzene rings is 1. The van der Waals surface area contributed by atoms with E-state index in [4.69, 9.17) is 9.47 Å². The topological polar surface area (TPSA) is 27.7 Å². The van der Waals surface area contributed by atoms with Crippen molar-refractivity contribution in [3.63, 3.8) is 0 Å². The Morgan fingerprint density at radius 3 is 1.17 bits per heavy atom. The molecule has 27 heteroatoms. The van der Waals surface area contributed by atoms with Crippen molar-refractivity contribution in [2.24, 2.45) is 5.92 Å². The van der Waals surface area contributed by atoms with Gasteiger partial charge in [-0.05, 0) is 49.3 Å². The zero-order valence-electron chi connectivity index (χ0n) is 25.0. The van der Waals surface area contributed by atoms with E-state index >= 15 is 0 Å². The molecule has 1 aliphatic carbocycles. The number of halogens is 24. The Morgan fingerprint density at radius 2 is 0.811 bits per heavy atom. The summed E-state index contributed by atoms with van der Waals surface area (Å²) in [5.41, 5.74) is 0.0282. The molecule has 1 aliphatic heterocycles. The van der Waals surface area contributed by atoms with Gasteiger partial charge >= 0.3 is 59.7 Å². The van der Waals surface area contributed by atoms with Crippen LogP contribution >= 0.6 is 0 Å². The summed E-state index contributed by atoms with van der Waals surface area (Å²) in [6, 6.07) is 1.41. The van der Waals surface area contributed by atoms with Gasteiger partial charge < -0.3 is 14.2 Å². The van der Waals surface area contributed by atoms with Crippen LogP contribution in [0.5, 0.6) is 0 Å². The molecule has 2 aliphatic rings. The number of ether oxygens (including phenoxy) is 3. The predicted octanol–water partition coefficient (Wildman–Crippen LogP) is 10.4. The van der Waals surface area contributed by atoms with Crippen LogP contribution in [0, 0.1) is 23.4 Å². The van der Waals surface area contributed by atoms with E-state index in [1.165, 1.54) is 0 Å². The first-order valence-corrected chi connectivity index (χ1v) is 14.0. The van der Waals surface area contributed by atoms with Crippen LogP contribution in [0.3, 0.4) is 0 Å². The summed E-state index contributed by atoms with van der Waals surface area (Å²) in [4.78, 5) is 0. The van der Waals surface area contributed by atoms with Crippen molar-refractivity contribution < 1.29 is 120 Å². The molecule has 0 bridgehead atoms. The molecule has 0 spiro atoms. The molecule has 1 heterocycles. The van der Waals surface area contributed by atoms with Gasteiger partial charge in [0.1, 0.15) is 6.10 Å². The molecule has 0 atom stereocenters. The molecule has 2 fully saturated rings. The predicted molar refractivity (Wildman–Crippen MR) is 122 cm³/mol. The third-order valence-electron chi connectivity index (χ3n) is 8.32. The van der Waals surface area contributed by atoms with E-state index in [0.717, 1.165) is 0 Å². The average Bonchev–Trinajstić information content (AvgIpc) is 3.02. The fourth-order valence-corrected chi connectivity index (χ4v) is 5.20. The first-order valence-electron chi connectivity index (χ1n) is 14.0. The molecule has 1 aromatic carbocycles. The van der Waals surface area contributed by atoms with Crippen LogP contribution in [-0.2, 0) is 14.2 Å². The normalized spacial score (nSPS) is 24.1. The molecule has 1 aromatic rings. The Labute approximate surface area is 278 Å². The summed E-state index contributed by atoms with van der Waals surface area (Å²) >= 11 is 0. The Morgan fingerprint density at radius 1 is 0.472 bits per heavy atom. The fraction of sp³-hybridized carbons (Fsp3) is 0.769. The fourth-order valence-electron chi connectivity index (χ4n) is 5.20. The van der Waals surface area contributed by atoms with Gasteiger partial charge in [0.05, 0.1) is 13.2 Å². The molecule has 0 aromatic heterocycles. The van der Waals surface area contributed by atoms with Crippen LogP contribution < -0.4 is 0 Å². The highest BCUT2D eigenvalue weighted by Gasteiger charge is 2.98. The molecule has 0 unspecified atom stereocenters. The maximum atomic E-state index is 14.2. The van der Waals surface area contributed by atoms with Gasteiger partial charge in [-0.25, -0.2) is 13.2 Å². The second-order valence-electron chi connectivity index (χ2n) is 11.8. The van der Waals surface area contributed by atoms with E-state index in [9.17, 15) is 105 Å². The molecule has 1 saturated carbocycles. The van der Waals surface area contributed by atoms with E-state index in [2.05, 4.69) is 4.74 Å². The third-order valence-corrected chi connectivity index (χ3v) is 8.32. The quantitative estimate of drug-likeness (QED) is 0.155. The minimum absolute atomic E-state index is 0.0282. The van der Waals surface area contributed by atoms with Crippen LogP contribution in [0.25, 0.3) is 0 Å². The standard InChI is InChI=1S/C26H18F24O3/c27-13-5-11(6-14(28)15(13)29)9-1-3-10(4-2-9)16-51-7-12(8-52-16)53-26(49,50)24(44,45)22(40,41)20(36,37)18(32,33)17(30,31)19(34,35)21(38,39)23(42,43)25(46,47)48/h5-6,9-10,12,16H,1-4,7-8H2. The van der Waals surface area contributed by atoms with Crippen LogP contribution in [0.2, 0.25) is 0 Å². The minimum atomic E-state index is -9.28. The zero-order chi connectivity index (χ0) is 41.4. The van der Waals surface area contributed by atoms with Crippen molar-refractivity contribution in [1.29, 1.82) is 0 Å². The Kier molecular flexibility index (Phi) is 11.5. The molecule has 0 amide bonds. The lowest BCUT2D eigenvalue weighted by Crippen LogP contribution is -2.77. The van der Waals surface area contributed by atoms with Gasteiger partial charge in [0.2, 0.25) is 0 Å². The molecular formula is C26H18F24O3. The van der Waals surface area contributed by atoms with Gasteiger partial charge in [0.25, 0.3) is 0 Å². The minimum Gasteiger partial charge on any atom is -0.350 e. The van der Waals surface area contributed by atoms with Gasteiger partial charge in [-0.3, -0.25) is 0 Å². The van der Waals surface area contributed by atoms with E-state index in [0.29, 0.717) is 12.1 Å². The largest absolute Gasteiger partial charge is 0.460 e. The summed E-state index contributed by atoms with van der Waals surface area (Å²) in [6.07, 6.45) is -19.3. The van der Waals surface area contributed by atoms with Crippen LogP contribution in [-0.4, -0.2) is 85.3 Å². The lowest BCUT2D eigenvalue weighted by molar-refractivity contribution is -0.488.